The molecular formula is C20H22N4O5S. The van der Waals surface area contributed by atoms with Crippen LogP contribution in [0.4, 0.5) is 0 Å². The molecule has 2 aromatic rings. The summed E-state index contributed by atoms with van der Waals surface area (Å²) in [6.45, 7) is 0.665. The van der Waals surface area contributed by atoms with Crippen molar-refractivity contribution in [2.45, 2.75) is 17.7 Å². The summed E-state index contributed by atoms with van der Waals surface area (Å²) in [4.78, 5) is 24.1. The number of nitriles is 1. The lowest BCUT2D eigenvalue weighted by atomic mass is 10.2. The van der Waals surface area contributed by atoms with E-state index in [0.717, 1.165) is 0 Å². The van der Waals surface area contributed by atoms with Crippen molar-refractivity contribution in [3.8, 4) is 11.8 Å². The van der Waals surface area contributed by atoms with Gasteiger partial charge in [-0.2, -0.15) is 5.26 Å². The third-order valence-corrected chi connectivity index (χ3v) is 5.47. The minimum Gasteiger partial charge on any atom is -0.508 e. The second-order valence-corrected chi connectivity index (χ2v) is 8.01. The Bertz CT molecular complexity index is 1030. The predicted octanol–water partition coefficient (Wildman–Crippen LogP) is 1.13. The van der Waals surface area contributed by atoms with Crippen LogP contribution in [0.5, 0.6) is 5.75 Å². The van der Waals surface area contributed by atoms with Crippen molar-refractivity contribution >= 4 is 21.8 Å². The fourth-order valence-corrected chi connectivity index (χ4v) is 3.49. The topological polar surface area (TPSA) is 148 Å². The number of carbonyl (C=O) groups excluding carboxylic acids is 2. The van der Waals surface area contributed by atoms with Crippen LogP contribution in [-0.4, -0.2) is 45.0 Å². The molecule has 30 heavy (non-hydrogen) atoms. The Labute approximate surface area is 174 Å². The van der Waals surface area contributed by atoms with Crippen LogP contribution in [0.3, 0.4) is 0 Å². The van der Waals surface area contributed by atoms with Crippen LogP contribution in [0.25, 0.3) is 0 Å². The van der Waals surface area contributed by atoms with Crippen molar-refractivity contribution < 1.29 is 23.1 Å². The number of rotatable bonds is 10. The van der Waals surface area contributed by atoms with Crippen LogP contribution in [0.2, 0.25) is 0 Å². The molecule has 4 N–H and O–H groups in total. The Kier molecular flexibility index (Phi) is 8.34. The average Bonchev–Trinajstić information content (AvgIpc) is 2.73. The van der Waals surface area contributed by atoms with Crippen molar-refractivity contribution in [1.29, 1.82) is 5.26 Å². The predicted molar refractivity (Wildman–Crippen MR) is 109 cm³/mol. The number of phenolic OH excluding ortho intramolecular Hbond substituents is 1. The van der Waals surface area contributed by atoms with Crippen molar-refractivity contribution in [2.75, 3.05) is 19.6 Å². The van der Waals surface area contributed by atoms with Crippen molar-refractivity contribution in [1.82, 2.24) is 15.4 Å². The first-order valence-corrected chi connectivity index (χ1v) is 10.6. The van der Waals surface area contributed by atoms with Gasteiger partial charge in [0.1, 0.15) is 5.75 Å². The Balaban J connectivity index is 1.76. The van der Waals surface area contributed by atoms with Crippen LogP contribution in [-0.2, 0) is 10.0 Å². The van der Waals surface area contributed by atoms with Crippen molar-refractivity contribution in [3.05, 3.63) is 59.7 Å². The van der Waals surface area contributed by atoms with Gasteiger partial charge in [-0.05, 0) is 48.9 Å². The van der Waals surface area contributed by atoms with E-state index in [1.54, 1.807) is 12.1 Å². The molecule has 0 aliphatic carbocycles. The van der Waals surface area contributed by atoms with Gasteiger partial charge in [-0.25, -0.2) is 13.1 Å². The Morgan fingerprint density at radius 2 is 1.57 bits per heavy atom. The van der Waals surface area contributed by atoms with Crippen LogP contribution < -0.4 is 15.4 Å². The van der Waals surface area contributed by atoms with E-state index in [1.165, 1.54) is 36.4 Å². The summed E-state index contributed by atoms with van der Waals surface area (Å²) in [5.74, 6) is -0.681. The quantitative estimate of drug-likeness (QED) is 0.415. The highest BCUT2D eigenvalue weighted by atomic mass is 32.2. The SMILES string of the molecule is N#CCCNS(=O)(=O)c1ccc(C(=O)NCCCNC(=O)c2cccc(O)c2)cc1. The highest BCUT2D eigenvalue weighted by Crippen LogP contribution is 2.11. The van der Waals surface area contributed by atoms with Crippen molar-refractivity contribution in [2.24, 2.45) is 0 Å². The number of hydrogen-bond acceptors (Lipinski definition) is 6. The molecule has 0 aliphatic heterocycles. The number of benzene rings is 2. The standard InChI is InChI=1S/C20H22N4O5S/c21-10-2-13-24-30(28,29)18-8-6-15(7-9-18)19(26)22-11-3-12-23-20(27)16-4-1-5-17(25)14-16/h1,4-9,14,24-25H,2-3,11-13H2,(H,22,26)(H,23,27). The van der Waals surface area contributed by atoms with Crippen LogP contribution in [0.15, 0.2) is 53.4 Å². The van der Waals surface area contributed by atoms with E-state index in [2.05, 4.69) is 15.4 Å². The summed E-state index contributed by atoms with van der Waals surface area (Å²) < 4.78 is 26.4. The second kappa shape index (κ2) is 10.9. The smallest absolute Gasteiger partial charge is 0.251 e. The number of carbonyl (C=O) groups is 2. The van der Waals surface area contributed by atoms with E-state index in [9.17, 15) is 23.1 Å². The number of amides is 2. The van der Waals surface area contributed by atoms with Gasteiger partial charge in [0, 0.05) is 37.2 Å². The maximum absolute atomic E-state index is 12.1. The van der Waals surface area contributed by atoms with Crippen LogP contribution in [0, 0.1) is 11.3 Å². The van der Waals surface area contributed by atoms with Gasteiger partial charge in [0.2, 0.25) is 10.0 Å². The Morgan fingerprint density at radius 1 is 0.933 bits per heavy atom. The van der Waals surface area contributed by atoms with Crippen LogP contribution in [0.1, 0.15) is 33.6 Å². The first kappa shape index (κ1) is 22.9. The number of aromatic hydroxyl groups is 1. The molecule has 0 saturated carbocycles. The lowest BCUT2D eigenvalue weighted by molar-refractivity contribution is 0.0951. The molecular weight excluding hydrogens is 408 g/mol. The van der Waals surface area contributed by atoms with Gasteiger partial charge in [-0.15, -0.1) is 0 Å². The van der Waals surface area contributed by atoms with E-state index >= 15 is 0 Å². The van der Waals surface area contributed by atoms with E-state index in [1.807, 2.05) is 6.07 Å². The summed E-state index contributed by atoms with van der Waals surface area (Å²) in [5.41, 5.74) is 0.644. The fraction of sp³-hybridized carbons (Fsp3) is 0.250. The first-order valence-electron chi connectivity index (χ1n) is 9.15. The third kappa shape index (κ3) is 6.88. The zero-order valence-corrected chi connectivity index (χ0v) is 16.9. The molecule has 0 radical (unpaired) electrons. The van der Waals surface area contributed by atoms with E-state index in [4.69, 9.17) is 5.26 Å². The number of hydrogen-bond donors (Lipinski definition) is 4. The Hall–Kier alpha value is -3.42. The van der Waals surface area contributed by atoms with E-state index in [0.29, 0.717) is 30.6 Å². The minimum absolute atomic E-state index is 0.00616. The number of phenols is 1. The molecule has 0 unspecified atom stereocenters. The number of nitrogens with one attached hydrogen (secondary N) is 3. The normalized spacial score (nSPS) is 10.8. The summed E-state index contributed by atoms with van der Waals surface area (Å²) in [6.07, 6.45) is 0.555. The number of sulfonamides is 1. The lowest BCUT2D eigenvalue weighted by Gasteiger charge is -2.08. The number of nitrogens with zero attached hydrogens (tertiary/aromatic N) is 1. The minimum atomic E-state index is -3.72. The molecule has 0 saturated heterocycles. The summed E-state index contributed by atoms with van der Waals surface area (Å²) >= 11 is 0. The van der Waals surface area contributed by atoms with Gasteiger partial charge in [-0.1, -0.05) is 6.07 Å². The van der Waals surface area contributed by atoms with Gasteiger partial charge < -0.3 is 15.7 Å². The van der Waals surface area contributed by atoms with E-state index < -0.39 is 10.0 Å². The maximum Gasteiger partial charge on any atom is 0.251 e. The molecule has 0 aromatic heterocycles. The van der Waals surface area contributed by atoms with Gasteiger partial charge in [-0.3, -0.25) is 9.59 Å². The molecule has 0 atom stereocenters. The molecule has 10 heteroatoms. The van der Waals surface area contributed by atoms with Gasteiger partial charge in [0.25, 0.3) is 11.8 Å². The maximum atomic E-state index is 12.1. The van der Waals surface area contributed by atoms with Gasteiger partial charge >= 0.3 is 0 Å². The molecule has 158 valence electrons. The van der Waals surface area contributed by atoms with Crippen molar-refractivity contribution in [3.63, 3.8) is 0 Å². The second-order valence-electron chi connectivity index (χ2n) is 6.25. The molecule has 2 aromatic carbocycles. The summed E-state index contributed by atoms with van der Waals surface area (Å²) in [7, 11) is -3.72. The van der Waals surface area contributed by atoms with Gasteiger partial charge in [0.05, 0.1) is 11.0 Å². The molecule has 0 bridgehead atoms. The summed E-state index contributed by atoms with van der Waals surface area (Å²) in [5, 5.41) is 23.2. The molecule has 9 nitrogen and oxygen atoms in total. The van der Waals surface area contributed by atoms with Crippen LogP contribution >= 0.6 is 0 Å². The molecule has 2 rings (SSSR count). The third-order valence-electron chi connectivity index (χ3n) is 3.99. The fourth-order valence-electron chi connectivity index (χ4n) is 2.45. The zero-order valence-electron chi connectivity index (χ0n) is 16.1. The molecule has 0 spiro atoms. The molecule has 0 fully saturated rings. The highest BCUT2D eigenvalue weighted by molar-refractivity contribution is 7.89. The monoisotopic (exact) mass is 430 g/mol. The molecule has 2 amide bonds. The molecule has 0 aliphatic rings. The highest BCUT2D eigenvalue weighted by Gasteiger charge is 2.14. The lowest BCUT2D eigenvalue weighted by Crippen LogP contribution is -2.30. The largest absolute Gasteiger partial charge is 0.508 e. The summed E-state index contributed by atoms with van der Waals surface area (Å²) in [6, 6.07) is 13.3. The zero-order chi connectivity index (χ0) is 22.0. The Morgan fingerprint density at radius 3 is 2.17 bits per heavy atom. The van der Waals surface area contributed by atoms with E-state index in [-0.39, 0.29) is 35.4 Å². The first-order chi connectivity index (χ1) is 14.3. The molecule has 0 heterocycles. The van der Waals surface area contributed by atoms with Gasteiger partial charge in [0.15, 0.2) is 0 Å². The average molecular weight is 430 g/mol.